The van der Waals surface area contributed by atoms with E-state index in [1.165, 1.54) is 6.07 Å². The van der Waals surface area contributed by atoms with Crippen LogP contribution in [0.15, 0.2) is 59.5 Å². The van der Waals surface area contributed by atoms with Gasteiger partial charge in [-0.05, 0) is 18.2 Å². The maximum atomic E-state index is 12.0. The number of amides is 2. The highest BCUT2D eigenvalue weighted by molar-refractivity contribution is 7.89. The van der Waals surface area contributed by atoms with Gasteiger partial charge in [0, 0.05) is 12.1 Å². The van der Waals surface area contributed by atoms with E-state index in [0.29, 0.717) is 5.69 Å². The fraction of sp³-hybridized carbons (Fsp3) is 0. The average Bonchev–Trinajstić information content (AvgIpc) is 2.65. The van der Waals surface area contributed by atoms with Gasteiger partial charge in [-0.1, -0.05) is 24.3 Å². The van der Waals surface area contributed by atoms with Gasteiger partial charge in [-0.15, -0.1) is 4.83 Å². The van der Waals surface area contributed by atoms with Gasteiger partial charge in [0.05, 0.1) is 15.5 Å². The van der Waals surface area contributed by atoms with Gasteiger partial charge in [-0.25, -0.2) is 8.42 Å². The molecule has 0 aliphatic rings. The fourth-order valence-corrected chi connectivity index (χ4v) is 2.58. The van der Waals surface area contributed by atoms with Gasteiger partial charge in [-0.2, -0.15) is 0 Å². The van der Waals surface area contributed by atoms with Crippen molar-refractivity contribution in [3.63, 3.8) is 0 Å². The number of hydrazine groups is 2. The van der Waals surface area contributed by atoms with Crippen LogP contribution in [-0.4, -0.2) is 25.2 Å². The minimum atomic E-state index is -4.30. The average molecular weight is 379 g/mol. The summed E-state index contributed by atoms with van der Waals surface area (Å²) in [7, 11) is -4.30. The van der Waals surface area contributed by atoms with E-state index >= 15 is 0 Å². The number of para-hydroxylation sites is 1. The van der Waals surface area contributed by atoms with Crippen LogP contribution >= 0.6 is 0 Å². The van der Waals surface area contributed by atoms with Crippen molar-refractivity contribution in [1.29, 1.82) is 0 Å². The van der Waals surface area contributed by atoms with Crippen LogP contribution in [0.5, 0.6) is 0 Å². The minimum Gasteiger partial charge on any atom is -0.298 e. The number of carbonyl (C=O) groups is 2. The summed E-state index contributed by atoms with van der Waals surface area (Å²) in [5.41, 5.74) is 6.31. The number of hydrogen-bond donors (Lipinski definition) is 4. The molecule has 136 valence electrons. The molecule has 0 unspecified atom stereocenters. The van der Waals surface area contributed by atoms with E-state index in [2.05, 4.69) is 10.9 Å². The summed E-state index contributed by atoms with van der Waals surface area (Å²) >= 11 is 0. The summed E-state index contributed by atoms with van der Waals surface area (Å²) < 4.78 is 24.0. The molecule has 26 heavy (non-hydrogen) atoms. The van der Waals surface area contributed by atoms with Gasteiger partial charge < -0.3 is 0 Å². The number of anilines is 1. The number of hydrogen-bond acceptors (Lipinski definition) is 7. The van der Waals surface area contributed by atoms with E-state index in [1.54, 1.807) is 40.6 Å². The lowest BCUT2D eigenvalue weighted by atomic mass is 10.3. The zero-order valence-corrected chi connectivity index (χ0v) is 13.8. The lowest BCUT2D eigenvalue weighted by Crippen LogP contribution is -2.49. The summed E-state index contributed by atoms with van der Waals surface area (Å²) in [6, 6.07) is 12.6. The molecule has 0 heterocycles. The third-order valence-electron chi connectivity index (χ3n) is 2.94. The minimum absolute atomic E-state index is 0.441. The van der Waals surface area contributed by atoms with E-state index in [-0.39, 0.29) is 0 Å². The molecule has 2 aromatic rings. The first-order valence-electron chi connectivity index (χ1n) is 6.97. The van der Waals surface area contributed by atoms with Crippen LogP contribution in [0.4, 0.5) is 11.4 Å². The van der Waals surface area contributed by atoms with E-state index in [0.717, 1.165) is 18.2 Å². The van der Waals surface area contributed by atoms with Crippen molar-refractivity contribution in [2.24, 2.45) is 0 Å². The van der Waals surface area contributed by atoms with Crippen molar-refractivity contribution >= 4 is 33.2 Å². The lowest BCUT2D eigenvalue weighted by Gasteiger charge is -2.10. The Morgan fingerprint density at radius 2 is 1.58 bits per heavy atom. The first-order valence-corrected chi connectivity index (χ1v) is 8.45. The number of sulfonamides is 1. The molecule has 0 saturated carbocycles. The quantitative estimate of drug-likeness (QED) is 0.313. The number of benzene rings is 2. The Labute approximate surface area is 147 Å². The van der Waals surface area contributed by atoms with Crippen LogP contribution in [0, 0.1) is 10.1 Å². The van der Waals surface area contributed by atoms with Crippen molar-refractivity contribution in [2.45, 2.75) is 4.90 Å². The van der Waals surface area contributed by atoms with Crippen molar-refractivity contribution in [3.05, 3.63) is 64.7 Å². The summed E-state index contributed by atoms with van der Waals surface area (Å²) in [6.45, 7) is 0. The summed E-state index contributed by atoms with van der Waals surface area (Å²) in [4.78, 5) is 34.4. The summed E-state index contributed by atoms with van der Waals surface area (Å²) in [5.74, 6) is -2.45. The lowest BCUT2D eigenvalue weighted by molar-refractivity contribution is -0.385. The predicted octanol–water partition coefficient (Wildman–Crippen LogP) is 0.0476. The highest BCUT2D eigenvalue weighted by Gasteiger charge is 2.20. The molecule has 0 atom stereocenters. The fourth-order valence-electron chi connectivity index (χ4n) is 1.70. The SMILES string of the molecule is O=C(NNc1ccccc1)C(=O)NNS(=O)(=O)c1cccc([N+](=O)[O-])c1. The molecule has 0 spiro atoms. The first kappa shape index (κ1) is 18.8. The second kappa shape index (κ2) is 8.04. The molecule has 0 radical (unpaired) electrons. The Balaban J connectivity index is 1.94. The van der Waals surface area contributed by atoms with Gasteiger partial charge >= 0.3 is 11.8 Å². The molecular weight excluding hydrogens is 366 g/mol. The Kier molecular flexibility index (Phi) is 5.82. The van der Waals surface area contributed by atoms with Crippen molar-refractivity contribution in [3.8, 4) is 0 Å². The van der Waals surface area contributed by atoms with E-state index in [9.17, 15) is 28.1 Å². The van der Waals surface area contributed by atoms with Crippen molar-refractivity contribution in [2.75, 3.05) is 5.43 Å². The number of nitro groups is 1. The molecule has 2 amide bonds. The molecule has 12 heteroatoms. The number of rotatable bonds is 6. The van der Waals surface area contributed by atoms with Crippen LogP contribution in [0.2, 0.25) is 0 Å². The maximum absolute atomic E-state index is 12.0. The molecule has 11 nitrogen and oxygen atoms in total. The topological polar surface area (TPSA) is 160 Å². The normalized spacial score (nSPS) is 10.6. The number of carbonyl (C=O) groups excluding carboxylic acids is 2. The zero-order chi connectivity index (χ0) is 19.2. The number of non-ortho nitro benzene ring substituents is 1. The van der Waals surface area contributed by atoms with E-state index in [4.69, 9.17) is 0 Å². The van der Waals surface area contributed by atoms with Gasteiger partial charge in [0.2, 0.25) is 0 Å². The van der Waals surface area contributed by atoms with E-state index in [1.807, 2.05) is 0 Å². The van der Waals surface area contributed by atoms with Crippen LogP contribution in [0.3, 0.4) is 0 Å². The number of nitrogens with zero attached hydrogens (tertiary/aromatic N) is 1. The van der Waals surface area contributed by atoms with Gasteiger partial charge in [0.15, 0.2) is 0 Å². The molecular formula is C14H13N5O6S. The number of nitrogens with one attached hydrogen (secondary N) is 4. The Hall–Kier alpha value is -3.51. The van der Waals surface area contributed by atoms with Gasteiger partial charge in [-0.3, -0.25) is 36.0 Å². The van der Waals surface area contributed by atoms with Crippen LogP contribution in [0.25, 0.3) is 0 Å². The van der Waals surface area contributed by atoms with Crippen LogP contribution in [0.1, 0.15) is 0 Å². The molecule has 0 bridgehead atoms. The van der Waals surface area contributed by atoms with Gasteiger partial charge in [0.1, 0.15) is 0 Å². The molecule has 0 aliphatic heterocycles. The second-order valence-corrected chi connectivity index (χ2v) is 6.44. The molecule has 4 N–H and O–H groups in total. The molecule has 2 rings (SSSR count). The molecule has 0 aromatic heterocycles. The van der Waals surface area contributed by atoms with Gasteiger partial charge in [0.25, 0.3) is 15.7 Å². The third-order valence-corrected chi connectivity index (χ3v) is 4.18. The van der Waals surface area contributed by atoms with Crippen LogP contribution < -0.4 is 21.1 Å². The van der Waals surface area contributed by atoms with E-state index < -0.39 is 37.3 Å². The van der Waals surface area contributed by atoms with Crippen LogP contribution in [-0.2, 0) is 19.6 Å². The number of nitro benzene ring substituents is 1. The molecule has 0 aliphatic carbocycles. The second-order valence-electron chi connectivity index (χ2n) is 4.76. The standard InChI is InChI=1S/C14H13N5O6S/c20-13(16-15-10-5-2-1-3-6-10)14(21)17-18-26(24,25)12-8-4-7-11(9-12)19(22)23/h1-9,15,18H,(H,16,20)(H,17,21). The Morgan fingerprint density at radius 3 is 2.23 bits per heavy atom. The molecule has 0 fully saturated rings. The highest BCUT2D eigenvalue weighted by atomic mass is 32.2. The Bertz CT molecular complexity index is 932. The summed E-state index contributed by atoms with van der Waals surface area (Å²) in [5, 5.41) is 10.7. The summed E-state index contributed by atoms with van der Waals surface area (Å²) in [6.07, 6.45) is 0. The van der Waals surface area contributed by atoms with Crippen molar-refractivity contribution < 1.29 is 22.9 Å². The monoisotopic (exact) mass is 379 g/mol. The first-order chi connectivity index (χ1) is 12.3. The third kappa shape index (κ3) is 4.99. The molecule has 2 aromatic carbocycles. The largest absolute Gasteiger partial charge is 0.329 e. The maximum Gasteiger partial charge on any atom is 0.329 e. The Morgan fingerprint density at radius 1 is 0.923 bits per heavy atom. The smallest absolute Gasteiger partial charge is 0.298 e. The zero-order valence-electron chi connectivity index (χ0n) is 13.0. The highest BCUT2D eigenvalue weighted by Crippen LogP contribution is 2.16. The molecule has 0 saturated heterocycles. The van der Waals surface area contributed by atoms with Crippen molar-refractivity contribution in [1.82, 2.24) is 15.7 Å². The predicted molar refractivity (Wildman–Crippen MR) is 89.8 cm³/mol.